The van der Waals surface area contributed by atoms with Gasteiger partial charge in [-0.15, -0.1) is 0 Å². The normalized spacial score (nSPS) is 21.6. The zero-order chi connectivity index (χ0) is 23.9. The first-order valence-corrected chi connectivity index (χ1v) is 12.9. The van der Waals surface area contributed by atoms with E-state index in [2.05, 4.69) is 25.9 Å². The number of aliphatic imine (C=N–C) groups is 1. The summed E-state index contributed by atoms with van der Waals surface area (Å²) in [5, 5.41) is 1.27. The molecule has 0 radical (unpaired) electrons. The van der Waals surface area contributed by atoms with Crippen molar-refractivity contribution in [2.24, 2.45) is 10.4 Å². The highest BCUT2D eigenvalue weighted by molar-refractivity contribution is 14.2. The lowest BCUT2D eigenvalue weighted by atomic mass is 9.78. The summed E-state index contributed by atoms with van der Waals surface area (Å²) >= 11 is 2.08. The first-order chi connectivity index (χ1) is 15.1. The van der Waals surface area contributed by atoms with Gasteiger partial charge in [0.15, 0.2) is 0 Å². The predicted molar refractivity (Wildman–Crippen MR) is 121 cm³/mol. The van der Waals surface area contributed by atoms with Gasteiger partial charge in [0.05, 0.1) is 14.2 Å². The lowest BCUT2D eigenvalue weighted by molar-refractivity contribution is -0.176. The summed E-state index contributed by atoms with van der Waals surface area (Å²) in [7, 11) is 3.54. The Balaban J connectivity index is 2.47. The van der Waals surface area contributed by atoms with Crippen LogP contribution in [-0.4, -0.2) is 50.0 Å². The van der Waals surface area contributed by atoms with Gasteiger partial charge in [-0.05, 0) is 52.5 Å². The zero-order valence-electron chi connectivity index (χ0n) is 17.3. The largest absolute Gasteiger partial charge is 0.471 e. The molecule has 0 heterocycles. The van der Waals surface area contributed by atoms with Crippen molar-refractivity contribution in [3.05, 3.63) is 35.9 Å². The number of esters is 2. The van der Waals surface area contributed by atoms with Gasteiger partial charge in [0.2, 0.25) is 0 Å². The monoisotopic (exact) mass is 586 g/mol. The number of amides is 1. The Morgan fingerprint density at radius 3 is 2.41 bits per heavy atom. The quantitative estimate of drug-likeness (QED) is 0.364. The van der Waals surface area contributed by atoms with Crippen LogP contribution in [0, 0.1) is 5.41 Å². The Morgan fingerprint density at radius 1 is 1.22 bits per heavy atom. The molecule has 0 bridgehead atoms. The van der Waals surface area contributed by atoms with Gasteiger partial charge in [0.1, 0.15) is 16.8 Å². The van der Waals surface area contributed by atoms with E-state index in [1.54, 1.807) is 5.32 Å². The van der Waals surface area contributed by atoms with Gasteiger partial charge in [-0.25, -0.2) is 4.79 Å². The lowest BCUT2D eigenvalue weighted by Gasteiger charge is -2.31. The maximum Gasteiger partial charge on any atom is 0.471 e. The zero-order valence-corrected chi connectivity index (χ0v) is 20.3. The van der Waals surface area contributed by atoms with E-state index in [1.807, 2.05) is 30.3 Å². The number of nitrogens with zero attached hydrogens (tertiary/aromatic N) is 1. The third-order valence-corrected chi connectivity index (χ3v) is 7.18. The van der Waals surface area contributed by atoms with Crippen LogP contribution in [0.4, 0.5) is 13.2 Å². The number of hydrogen-bond acceptors (Lipinski definition) is 7. The molecule has 1 fully saturated rings. The molecule has 1 aliphatic carbocycles. The first kappa shape index (κ1) is 26.4. The van der Waals surface area contributed by atoms with Crippen molar-refractivity contribution in [1.82, 2.24) is 5.32 Å². The van der Waals surface area contributed by atoms with Crippen LogP contribution in [0.1, 0.15) is 36.6 Å². The van der Waals surface area contributed by atoms with E-state index in [1.165, 1.54) is 8.93 Å². The van der Waals surface area contributed by atoms with Crippen LogP contribution >= 0.6 is 30.1 Å². The summed E-state index contributed by atoms with van der Waals surface area (Å²) in [4.78, 5) is 41.3. The number of rotatable bonds is 8. The number of benzene rings is 1. The summed E-state index contributed by atoms with van der Waals surface area (Å²) in [6.07, 6.45) is -4.53. The van der Waals surface area contributed by atoms with Crippen LogP contribution < -0.4 is 5.32 Å². The minimum Gasteiger partial charge on any atom is -0.468 e. The molecule has 1 amide bonds. The molecule has 1 unspecified atom stereocenters. The third-order valence-electron chi connectivity index (χ3n) is 5.19. The van der Waals surface area contributed by atoms with E-state index in [4.69, 9.17) is 9.73 Å². The third kappa shape index (κ3) is 6.15. The Bertz CT molecular complexity index is 869. The Hall–Kier alpha value is -1.83. The van der Waals surface area contributed by atoms with Crippen molar-refractivity contribution in [1.29, 1.82) is 0 Å². The molecular weight excluding hydrogens is 564 g/mol. The number of hydrogen-bond donors (Lipinski definition) is 1. The first-order valence-electron chi connectivity index (χ1n) is 9.52. The number of carbonyl (C=O) groups is 3. The van der Waals surface area contributed by atoms with Gasteiger partial charge >= 0.3 is 24.0 Å². The Labute approximate surface area is 199 Å². The smallest absolute Gasteiger partial charge is 0.468 e. The van der Waals surface area contributed by atoms with Gasteiger partial charge in [-0.3, -0.25) is 14.6 Å². The maximum atomic E-state index is 12.9. The van der Waals surface area contributed by atoms with Gasteiger partial charge in [0, 0.05) is 5.71 Å². The van der Waals surface area contributed by atoms with Crippen molar-refractivity contribution < 1.29 is 37.0 Å². The molecule has 3 atom stereocenters. The highest BCUT2D eigenvalue weighted by atomic mass is 127. The van der Waals surface area contributed by atoms with Crippen LogP contribution in [0.25, 0.3) is 0 Å². The summed E-state index contributed by atoms with van der Waals surface area (Å²) < 4.78 is 48.0. The molecule has 1 aliphatic rings. The molecule has 0 aliphatic heterocycles. The number of alkyl halides is 3. The summed E-state index contributed by atoms with van der Waals surface area (Å²) in [6.45, 7) is 0. The van der Waals surface area contributed by atoms with Crippen molar-refractivity contribution >= 4 is 53.7 Å². The molecule has 2 rings (SSSR count). The standard InChI is InChI=1S/C20H22F3IN2O5S/c1-30-16(27)13(25-17(28)20(21,22)23)11-19(18(29)31-2)10-6-9-14(19)26-15(32-24)12-7-4-3-5-8-12/h3-5,7-8,13,15H,6,9-11H2,1-2H3,(H,25,28)/b26-14+/t13-,15?,19-/m0/s1. The van der Waals surface area contributed by atoms with E-state index in [9.17, 15) is 27.6 Å². The molecule has 1 saturated carbocycles. The molecular formula is C20H22F3IN2O5S. The number of methoxy groups -OCH3 is 2. The van der Waals surface area contributed by atoms with Crippen molar-refractivity contribution in [2.75, 3.05) is 14.2 Å². The van der Waals surface area contributed by atoms with Gasteiger partial charge in [-0.2, -0.15) is 13.2 Å². The second-order valence-corrected chi connectivity index (χ2v) is 9.26. The SMILES string of the molecule is COC(=O)[C@H](C[C@@]1(C(=O)OC)CCC/C1=N\C(SI)c1ccccc1)NC(=O)C(F)(F)F. The van der Waals surface area contributed by atoms with E-state index in [0.29, 0.717) is 18.6 Å². The fourth-order valence-electron chi connectivity index (χ4n) is 3.68. The molecule has 1 N–H and O–H groups in total. The number of nitrogens with one attached hydrogen (secondary N) is 1. The minimum absolute atomic E-state index is 0.210. The predicted octanol–water partition coefficient (Wildman–Crippen LogP) is 4.16. The lowest BCUT2D eigenvalue weighted by Crippen LogP contribution is -2.52. The Kier molecular flexibility index (Phi) is 9.37. The number of carbonyl (C=O) groups excluding carboxylic acids is 3. The topological polar surface area (TPSA) is 94.1 Å². The van der Waals surface area contributed by atoms with Crippen molar-refractivity contribution in [2.45, 2.75) is 43.3 Å². The van der Waals surface area contributed by atoms with E-state index < -0.39 is 41.9 Å². The van der Waals surface area contributed by atoms with Gasteiger partial charge < -0.3 is 14.8 Å². The fourth-order valence-corrected chi connectivity index (χ4v) is 5.33. The second kappa shape index (κ2) is 11.3. The average Bonchev–Trinajstić information content (AvgIpc) is 3.18. The van der Waals surface area contributed by atoms with Crippen molar-refractivity contribution in [3.63, 3.8) is 0 Å². The van der Waals surface area contributed by atoms with Gasteiger partial charge in [-0.1, -0.05) is 39.3 Å². The summed E-state index contributed by atoms with van der Waals surface area (Å²) in [5.74, 6) is -4.12. The minimum atomic E-state index is -5.20. The van der Waals surface area contributed by atoms with Crippen LogP contribution in [0.2, 0.25) is 0 Å². The van der Waals surface area contributed by atoms with E-state index >= 15 is 0 Å². The molecule has 1 aromatic rings. The van der Waals surface area contributed by atoms with Crippen LogP contribution in [-0.2, 0) is 23.9 Å². The summed E-state index contributed by atoms with van der Waals surface area (Å²) in [5.41, 5.74) is -0.177. The Morgan fingerprint density at radius 2 is 1.88 bits per heavy atom. The molecule has 0 aromatic heterocycles. The molecule has 0 saturated heterocycles. The number of halogens is 4. The highest BCUT2D eigenvalue weighted by Gasteiger charge is 2.52. The van der Waals surface area contributed by atoms with Crippen LogP contribution in [0.15, 0.2) is 35.3 Å². The molecule has 12 heteroatoms. The summed E-state index contributed by atoms with van der Waals surface area (Å²) in [6, 6.07) is 7.57. The van der Waals surface area contributed by atoms with Gasteiger partial charge in [0.25, 0.3) is 0 Å². The van der Waals surface area contributed by atoms with E-state index in [-0.39, 0.29) is 11.8 Å². The second-order valence-electron chi connectivity index (χ2n) is 7.11. The molecule has 0 spiro atoms. The fraction of sp³-hybridized carbons (Fsp3) is 0.500. The molecule has 7 nitrogen and oxygen atoms in total. The maximum absolute atomic E-state index is 12.9. The number of ether oxygens (including phenoxy) is 2. The van der Waals surface area contributed by atoms with Crippen molar-refractivity contribution in [3.8, 4) is 0 Å². The van der Waals surface area contributed by atoms with E-state index in [0.717, 1.165) is 19.8 Å². The van der Waals surface area contributed by atoms with Crippen LogP contribution in [0.3, 0.4) is 0 Å². The molecule has 1 aromatic carbocycles. The van der Waals surface area contributed by atoms with Crippen LogP contribution in [0.5, 0.6) is 0 Å². The highest BCUT2D eigenvalue weighted by Crippen LogP contribution is 2.45. The molecule has 32 heavy (non-hydrogen) atoms. The molecule has 176 valence electrons. The average molecular weight is 586 g/mol.